The molecule has 1 N–H and O–H groups in total. The highest BCUT2D eigenvalue weighted by Gasteiger charge is 2.08. The van der Waals surface area contributed by atoms with E-state index in [-0.39, 0.29) is 0 Å². The molecule has 0 rings (SSSR count). The van der Waals surface area contributed by atoms with Gasteiger partial charge in [0.25, 0.3) is 0 Å². The molecule has 0 aliphatic rings. The lowest BCUT2D eigenvalue weighted by Crippen LogP contribution is -2.29. The maximum absolute atomic E-state index is 5.57. The topological polar surface area (TPSA) is 39.7 Å². The molecule has 22 heavy (non-hydrogen) atoms. The molecule has 4 heteroatoms. The second kappa shape index (κ2) is 13.3. The zero-order chi connectivity index (χ0) is 16.8. The van der Waals surface area contributed by atoms with Crippen LogP contribution in [-0.4, -0.2) is 52.7 Å². The molecule has 0 radical (unpaired) electrons. The van der Waals surface area contributed by atoms with Gasteiger partial charge in [-0.05, 0) is 23.7 Å². The van der Waals surface area contributed by atoms with E-state index in [1.54, 1.807) is 0 Å². The van der Waals surface area contributed by atoms with Gasteiger partial charge in [-0.1, -0.05) is 41.5 Å². The molecule has 0 aromatic heterocycles. The van der Waals surface area contributed by atoms with Gasteiger partial charge in [0.05, 0.1) is 33.0 Å². The van der Waals surface area contributed by atoms with Crippen molar-refractivity contribution in [1.29, 1.82) is 0 Å². The Morgan fingerprint density at radius 1 is 0.773 bits per heavy atom. The van der Waals surface area contributed by atoms with Gasteiger partial charge in [-0.2, -0.15) is 0 Å². The summed E-state index contributed by atoms with van der Waals surface area (Å²) in [4.78, 5) is 0. The van der Waals surface area contributed by atoms with Crippen LogP contribution in [0.3, 0.4) is 0 Å². The first-order valence-corrected chi connectivity index (χ1v) is 8.77. The van der Waals surface area contributed by atoms with E-state index in [1.165, 1.54) is 0 Å². The SMILES string of the molecule is CC(C)C(C)CCOCCOCCOCCNCC(C)(C)C. The van der Waals surface area contributed by atoms with Gasteiger partial charge in [0, 0.05) is 19.7 Å². The van der Waals surface area contributed by atoms with Crippen molar-refractivity contribution in [3.63, 3.8) is 0 Å². The van der Waals surface area contributed by atoms with E-state index in [1.807, 2.05) is 0 Å². The molecule has 1 atom stereocenters. The summed E-state index contributed by atoms with van der Waals surface area (Å²) in [6.07, 6.45) is 1.13. The van der Waals surface area contributed by atoms with Crippen molar-refractivity contribution in [2.45, 2.75) is 48.0 Å². The smallest absolute Gasteiger partial charge is 0.0701 e. The van der Waals surface area contributed by atoms with Crippen molar-refractivity contribution in [3.8, 4) is 0 Å². The van der Waals surface area contributed by atoms with Crippen LogP contribution < -0.4 is 5.32 Å². The van der Waals surface area contributed by atoms with Gasteiger partial charge in [-0.15, -0.1) is 0 Å². The monoisotopic (exact) mass is 317 g/mol. The van der Waals surface area contributed by atoms with E-state index in [4.69, 9.17) is 14.2 Å². The van der Waals surface area contributed by atoms with E-state index in [2.05, 4.69) is 46.9 Å². The molecule has 0 aliphatic carbocycles. The predicted octanol–water partition coefficient (Wildman–Crippen LogP) is 3.35. The summed E-state index contributed by atoms with van der Waals surface area (Å²) in [5.41, 5.74) is 0.329. The first kappa shape index (κ1) is 21.8. The third kappa shape index (κ3) is 16.2. The van der Waals surface area contributed by atoms with Gasteiger partial charge in [0.1, 0.15) is 0 Å². The lowest BCUT2D eigenvalue weighted by Gasteiger charge is -2.18. The third-order valence-corrected chi connectivity index (χ3v) is 3.68. The normalized spacial score (nSPS) is 13.8. The number of rotatable bonds is 14. The van der Waals surface area contributed by atoms with Crippen LogP contribution in [-0.2, 0) is 14.2 Å². The van der Waals surface area contributed by atoms with Crippen LogP contribution in [0.1, 0.15) is 48.0 Å². The van der Waals surface area contributed by atoms with Gasteiger partial charge in [-0.3, -0.25) is 0 Å². The van der Waals surface area contributed by atoms with Crippen molar-refractivity contribution in [2.24, 2.45) is 17.3 Å². The fourth-order valence-corrected chi connectivity index (χ4v) is 1.75. The zero-order valence-electron chi connectivity index (χ0n) is 15.7. The molecule has 0 spiro atoms. The summed E-state index contributed by atoms with van der Waals surface area (Å²) < 4.78 is 16.6. The van der Waals surface area contributed by atoms with Crippen molar-refractivity contribution >= 4 is 0 Å². The molecule has 0 amide bonds. The average Bonchev–Trinajstić information content (AvgIpc) is 2.42. The van der Waals surface area contributed by atoms with Crippen LogP contribution in [0, 0.1) is 17.3 Å². The van der Waals surface area contributed by atoms with Crippen LogP contribution in [0.2, 0.25) is 0 Å². The second-order valence-electron chi connectivity index (χ2n) is 7.58. The fraction of sp³-hybridized carbons (Fsp3) is 1.00. The minimum atomic E-state index is 0.329. The van der Waals surface area contributed by atoms with E-state index < -0.39 is 0 Å². The van der Waals surface area contributed by atoms with E-state index in [0.29, 0.717) is 31.8 Å². The summed E-state index contributed by atoms with van der Waals surface area (Å²) in [6.45, 7) is 19.6. The van der Waals surface area contributed by atoms with Crippen LogP contribution in [0.4, 0.5) is 0 Å². The molecule has 1 unspecified atom stereocenters. The Morgan fingerprint density at radius 3 is 1.77 bits per heavy atom. The Kier molecular flexibility index (Phi) is 13.2. The molecule has 0 fully saturated rings. The highest BCUT2D eigenvalue weighted by atomic mass is 16.5. The standard InChI is InChI=1S/C18H39NO3/c1-16(2)17(3)7-9-20-11-13-22-14-12-21-10-8-19-15-18(4,5)6/h16-17,19H,7-15H2,1-6H3. The molecule has 0 saturated heterocycles. The van der Waals surface area contributed by atoms with E-state index in [0.717, 1.165) is 44.6 Å². The minimum Gasteiger partial charge on any atom is -0.379 e. The zero-order valence-corrected chi connectivity index (χ0v) is 15.7. The minimum absolute atomic E-state index is 0.329. The summed E-state index contributed by atoms with van der Waals surface area (Å²) in [5, 5.41) is 3.38. The van der Waals surface area contributed by atoms with Crippen molar-refractivity contribution < 1.29 is 14.2 Å². The fourth-order valence-electron chi connectivity index (χ4n) is 1.75. The summed E-state index contributed by atoms with van der Waals surface area (Å²) in [6, 6.07) is 0. The Balaban J connectivity index is 3.12. The first-order chi connectivity index (χ1) is 10.3. The second-order valence-corrected chi connectivity index (χ2v) is 7.58. The number of hydrogen-bond donors (Lipinski definition) is 1. The van der Waals surface area contributed by atoms with E-state index in [9.17, 15) is 0 Å². The third-order valence-electron chi connectivity index (χ3n) is 3.68. The van der Waals surface area contributed by atoms with Crippen LogP contribution in [0.5, 0.6) is 0 Å². The average molecular weight is 318 g/mol. The summed E-state index contributed by atoms with van der Waals surface area (Å²) in [7, 11) is 0. The molecule has 0 heterocycles. The molecule has 134 valence electrons. The molecule has 0 saturated carbocycles. The predicted molar refractivity (Wildman–Crippen MR) is 93.4 cm³/mol. The molecule has 0 aromatic rings. The highest BCUT2D eigenvalue weighted by Crippen LogP contribution is 2.13. The van der Waals surface area contributed by atoms with Crippen molar-refractivity contribution in [1.82, 2.24) is 5.32 Å². The summed E-state index contributed by atoms with van der Waals surface area (Å²) in [5.74, 6) is 1.45. The van der Waals surface area contributed by atoms with Crippen molar-refractivity contribution in [2.75, 3.05) is 52.7 Å². The quantitative estimate of drug-likeness (QED) is 0.499. The van der Waals surface area contributed by atoms with Gasteiger partial charge < -0.3 is 19.5 Å². The highest BCUT2D eigenvalue weighted by molar-refractivity contribution is 4.64. The number of hydrogen-bond acceptors (Lipinski definition) is 4. The Bertz CT molecular complexity index is 239. The Hall–Kier alpha value is -0.160. The lowest BCUT2D eigenvalue weighted by molar-refractivity contribution is 0.0122. The Labute approximate surface area is 138 Å². The Morgan fingerprint density at radius 2 is 1.27 bits per heavy atom. The van der Waals surface area contributed by atoms with Crippen LogP contribution in [0.25, 0.3) is 0 Å². The molecule has 0 aromatic carbocycles. The molecule has 0 aliphatic heterocycles. The summed E-state index contributed by atoms with van der Waals surface area (Å²) >= 11 is 0. The molecule has 0 bridgehead atoms. The number of nitrogens with one attached hydrogen (secondary N) is 1. The van der Waals surface area contributed by atoms with Gasteiger partial charge >= 0.3 is 0 Å². The van der Waals surface area contributed by atoms with Gasteiger partial charge in [-0.25, -0.2) is 0 Å². The van der Waals surface area contributed by atoms with Crippen LogP contribution >= 0.6 is 0 Å². The maximum atomic E-state index is 5.57. The van der Waals surface area contributed by atoms with Crippen molar-refractivity contribution in [3.05, 3.63) is 0 Å². The van der Waals surface area contributed by atoms with Gasteiger partial charge in [0.15, 0.2) is 0 Å². The van der Waals surface area contributed by atoms with Gasteiger partial charge in [0.2, 0.25) is 0 Å². The molecule has 4 nitrogen and oxygen atoms in total. The molecular weight excluding hydrogens is 278 g/mol. The maximum Gasteiger partial charge on any atom is 0.0701 e. The lowest BCUT2D eigenvalue weighted by atomic mass is 9.95. The van der Waals surface area contributed by atoms with E-state index >= 15 is 0 Å². The molecular formula is C18H39NO3. The number of ether oxygens (including phenoxy) is 3. The van der Waals surface area contributed by atoms with Crippen LogP contribution in [0.15, 0.2) is 0 Å². The first-order valence-electron chi connectivity index (χ1n) is 8.77. The largest absolute Gasteiger partial charge is 0.379 e.